The van der Waals surface area contributed by atoms with Crippen LogP contribution in [0, 0.1) is 11.3 Å². The van der Waals surface area contributed by atoms with Crippen molar-refractivity contribution in [1.29, 1.82) is 5.26 Å². The van der Waals surface area contributed by atoms with Gasteiger partial charge in [-0.15, -0.1) is 0 Å². The summed E-state index contributed by atoms with van der Waals surface area (Å²) in [4.78, 5) is 4.04. The number of hydrogen-bond acceptors (Lipinski definition) is 3. The number of nitrogens with zero attached hydrogens (tertiary/aromatic N) is 2. The summed E-state index contributed by atoms with van der Waals surface area (Å²) in [6, 6.07) is 9.01. The molecule has 3 nitrogen and oxygen atoms in total. The van der Waals surface area contributed by atoms with Crippen LogP contribution >= 0.6 is 23.2 Å². The first-order chi connectivity index (χ1) is 8.63. The lowest BCUT2D eigenvalue weighted by Gasteiger charge is -2.11. The molecule has 0 radical (unpaired) electrons. The number of anilines is 1. The summed E-state index contributed by atoms with van der Waals surface area (Å²) >= 11 is 12.0. The summed E-state index contributed by atoms with van der Waals surface area (Å²) in [6.45, 7) is 0. The lowest BCUT2D eigenvalue weighted by Crippen LogP contribution is -1.99. The van der Waals surface area contributed by atoms with Crippen LogP contribution in [0.25, 0.3) is 11.1 Å². The zero-order valence-corrected chi connectivity index (χ0v) is 10.8. The van der Waals surface area contributed by atoms with Crippen molar-refractivity contribution in [3.63, 3.8) is 0 Å². The van der Waals surface area contributed by atoms with Gasteiger partial charge in [-0.3, -0.25) is 0 Å². The van der Waals surface area contributed by atoms with Gasteiger partial charge in [0, 0.05) is 22.3 Å². The van der Waals surface area contributed by atoms with Crippen LogP contribution in [0.3, 0.4) is 0 Å². The molecule has 1 aromatic heterocycles. The highest BCUT2D eigenvalue weighted by Crippen LogP contribution is 2.35. The summed E-state index contributed by atoms with van der Waals surface area (Å²) in [5.74, 6) is 0.354. The highest BCUT2D eigenvalue weighted by molar-refractivity contribution is 6.36. The molecule has 18 heavy (non-hydrogen) atoms. The second kappa shape index (κ2) is 5.26. The van der Waals surface area contributed by atoms with E-state index in [1.54, 1.807) is 30.5 Å². The van der Waals surface area contributed by atoms with E-state index < -0.39 is 0 Å². The molecule has 0 aliphatic heterocycles. The Morgan fingerprint density at radius 2 is 2.06 bits per heavy atom. The van der Waals surface area contributed by atoms with Crippen LogP contribution in [-0.2, 0) is 6.42 Å². The van der Waals surface area contributed by atoms with E-state index in [4.69, 9.17) is 34.2 Å². The molecule has 0 aliphatic rings. The van der Waals surface area contributed by atoms with Gasteiger partial charge in [-0.05, 0) is 23.8 Å². The Morgan fingerprint density at radius 3 is 2.72 bits per heavy atom. The third-order valence-electron chi connectivity index (χ3n) is 2.54. The van der Waals surface area contributed by atoms with Crippen molar-refractivity contribution in [2.75, 3.05) is 5.73 Å². The van der Waals surface area contributed by atoms with E-state index in [2.05, 4.69) is 11.1 Å². The molecular weight excluding hydrogens is 269 g/mol. The van der Waals surface area contributed by atoms with Crippen LogP contribution in [0.1, 0.15) is 5.56 Å². The van der Waals surface area contributed by atoms with Crippen LogP contribution < -0.4 is 5.73 Å². The molecule has 0 unspecified atom stereocenters. The molecule has 0 amide bonds. The maximum atomic E-state index is 8.83. The average Bonchev–Trinajstić information content (AvgIpc) is 2.31. The van der Waals surface area contributed by atoms with Crippen LogP contribution in [-0.4, -0.2) is 4.98 Å². The number of benzene rings is 1. The lowest BCUT2D eigenvalue weighted by atomic mass is 9.99. The first-order valence-corrected chi connectivity index (χ1v) is 5.95. The van der Waals surface area contributed by atoms with E-state index in [-0.39, 0.29) is 6.42 Å². The molecule has 0 atom stereocenters. The van der Waals surface area contributed by atoms with Gasteiger partial charge in [-0.2, -0.15) is 5.26 Å². The normalized spacial score (nSPS) is 10.1. The van der Waals surface area contributed by atoms with Crippen molar-refractivity contribution in [2.24, 2.45) is 0 Å². The van der Waals surface area contributed by atoms with Gasteiger partial charge in [0.2, 0.25) is 0 Å². The second-order valence-electron chi connectivity index (χ2n) is 3.69. The maximum absolute atomic E-state index is 8.83. The van der Waals surface area contributed by atoms with Crippen molar-refractivity contribution in [3.05, 3.63) is 46.1 Å². The van der Waals surface area contributed by atoms with Gasteiger partial charge < -0.3 is 5.73 Å². The van der Waals surface area contributed by atoms with Crippen molar-refractivity contribution in [3.8, 4) is 17.2 Å². The Labute approximate surface area is 115 Å². The molecule has 0 saturated heterocycles. The fourth-order valence-electron chi connectivity index (χ4n) is 1.76. The number of nitriles is 1. The van der Waals surface area contributed by atoms with Gasteiger partial charge in [0.1, 0.15) is 5.82 Å². The van der Waals surface area contributed by atoms with Crippen LogP contribution in [0.4, 0.5) is 5.82 Å². The van der Waals surface area contributed by atoms with Gasteiger partial charge >= 0.3 is 0 Å². The second-order valence-corrected chi connectivity index (χ2v) is 4.53. The van der Waals surface area contributed by atoms with Gasteiger partial charge in [-0.1, -0.05) is 29.3 Å². The third-order valence-corrected chi connectivity index (χ3v) is 3.08. The van der Waals surface area contributed by atoms with Gasteiger partial charge in [0.05, 0.1) is 17.5 Å². The fraction of sp³-hybridized carbons (Fsp3) is 0.0769. The van der Waals surface area contributed by atoms with Crippen molar-refractivity contribution >= 4 is 29.0 Å². The van der Waals surface area contributed by atoms with E-state index in [1.807, 2.05) is 0 Å². The van der Waals surface area contributed by atoms with E-state index in [1.165, 1.54) is 0 Å². The SMILES string of the molecule is N#CCc1ccnc(N)c1-c1ccc(Cl)cc1Cl. The molecular formula is C13H9Cl2N3. The number of nitrogen functional groups attached to an aromatic ring is 1. The summed E-state index contributed by atoms with van der Waals surface area (Å²) in [6.07, 6.45) is 1.83. The number of nitrogens with two attached hydrogens (primary N) is 1. The highest BCUT2D eigenvalue weighted by Gasteiger charge is 2.13. The van der Waals surface area contributed by atoms with E-state index in [0.29, 0.717) is 21.4 Å². The highest BCUT2D eigenvalue weighted by atomic mass is 35.5. The molecule has 1 heterocycles. The topological polar surface area (TPSA) is 62.7 Å². The lowest BCUT2D eigenvalue weighted by molar-refractivity contribution is 1.22. The number of pyridine rings is 1. The molecule has 0 aliphatic carbocycles. The first kappa shape index (κ1) is 12.7. The summed E-state index contributed by atoms with van der Waals surface area (Å²) in [5.41, 5.74) is 8.11. The average molecular weight is 278 g/mol. The maximum Gasteiger partial charge on any atom is 0.131 e. The number of halogens is 2. The standard InChI is InChI=1S/C13H9Cl2N3/c14-9-1-2-10(11(15)7-9)12-8(3-5-16)4-6-18-13(12)17/h1-2,4,6-7H,3H2,(H2,17,18). The Bertz CT molecular complexity index is 633. The number of aromatic nitrogens is 1. The van der Waals surface area contributed by atoms with Crippen molar-refractivity contribution in [2.45, 2.75) is 6.42 Å². The Morgan fingerprint density at radius 1 is 1.28 bits per heavy atom. The number of rotatable bonds is 2. The van der Waals surface area contributed by atoms with Crippen molar-refractivity contribution < 1.29 is 0 Å². The van der Waals surface area contributed by atoms with E-state index in [0.717, 1.165) is 11.1 Å². The molecule has 0 fully saturated rings. The molecule has 5 heteroatoms. The minimum Gasteiger partial charge on any atom is -0.383 e. The molecule has 1 aromatic carbocycles. The molecule has 90 valence electrons. The zero-order chi connectivity index (χ0) is 13.1. The quantitative estimate of drug-likeness (QED) is 0.910. The predicted octanol–water partition coefficient (Wildman–Crippen LogP) is 3.70. The number of hydrogen-bond donors (Lipinski definition) is 1. The molecule has 0 bridgehead atoms. The summed E-state index contributed by atoms with van der Waals surface area (Å²) in [7, 11) is 0. The smallest absolute Gasteiger partial charge is 0.131 e. The van der Waals surface area contributed by atoms with Gasteiger partial charge in [-0.25, -0.2) is 4.98 Å². The molecule has 2 aromatic rings. The Balaban J connectivity index is 2.66. The van der Waals surface area contributed by atoms with Gasteiger partial charge in [0.15, 0.2) is 0 Å². The molecule has 2 rings (SSSR count). The minimum absolute atomic E-state index is 0.251. The fourth-order valence-corrected chi connectivity index (χ4v) is 2.26. The zero-order valence-electron chi connectivity index (χ0n) is 9.32. The Hall–Kier alpha value is -1.76. The third kappa shape index (κ3) is 2.40. The summed E-state index contributed by atoms with van der Waals surface area (Å²) < 4.78 is 0. The molecule has 0 spiro atoms. The van der Waals surface area contributed by atoms with Crippen LogP contribution in [0.15, 0.2) is 30.5 Å². The largest absolute Gasteiger partial charge is 0.383 e. The monoisotopic (exact) mass is 277 g/mol. The first-order valence-electron chi connectivity index (χ1n) is 5.19. The van der Waals surface area contributed by atoms with Crippen LogP contribution in [0.2, 0.25) is 10.0 Å². The predicted molar refractivity (Wildman–Crippen MR) is 73.4 cm³/mol. The van der Waals surface area contributed by atoms with Crippen molar-refractivity contribution in [1.82, 2.24) is 4.98 Å². The Kier molecular flexibility index (Phi) is 3.71. The van der Waals surface area contributed by atoms with Gasteiger partial charge in [0.25, 0.3) is 0 Å². The minimum atomic E-state index is 0.251. The molecule has 2 N–H and O–H groups in total. The van der Waals surface area contributed by atoms with E-state index >= 15 is 0 Å². The van der Waals surface area contributed by atoms with E-state index in [9.17, 15) is 0 Å². The van der Waals surface area contributed by atoms with Crippen LogP contribution in [0.5, 0.6) is 0 Å². The summed E-state index contributed by atoms with van der Waals surface area (Å²) in [5, 5.41) is 9.87. The molecule has 0 saturated carbocycles.